The minimum absolute atomic E-state index is 0.541. The van der Waals surface area contributed by atoms with Crippen LogP contribution in [0, 0.1) is 0 Å². The molecular formula is C47H48O3S3. The molecule has 4 heterocycles. The van der Waals surface area contributed by atoms with Crippen molar-refractivity contribution in [3.63, 3.8) is 0 Å². The second-order valence-corrected chi connectivity index (χ2v) is 16.9. The SMILES string of the molecule is CCCCCCc1cc(C=O)sc1-c1cc(CCCCCC)c(-c2sc(-c3ccc(C=C(c4ccccc4)c4ccccc4)cc3)c3c2OCCO3)s1. The van der Waals surface area contributed by atoms with Gasteiger partial charge in [-0.25, -0.2) is 0 Å². The third kappa shape index (κ3) is 8.78. The van der Waals surface area contributed by atoms with Crippen LogP contribution in [0.5, 0.6) is 11.5 Å². The average molecular weight is 757 g/mol. The Balaban J connectivity index is 1.26. The fraction of sp³-hybridized carbons (Fsp3) is 0.298. The molecule has 0 bridgehead atoms. The van der Waals surface area contributed by atoms with Crippen LogP contribution in [0.4, 0.5) is 0 Å². The monoisotopic (exact) mass is 756 g/mol. The number of hydrogen-bond donors (Lipinski definition) is 0. The summed E-state index contributed by atoms with van der Waals surface area (Å²) >= 11 is 5.29. The number of carbonyl (C=O) groups excluding carboxylic acids is 1. The first kappa shape index (κ1) is 37.1. The van der Waals surface area contributed by atoms with E-state index in [1.165, 1.54) is 81.0 Å². The van der Waals surface area contributed by atoms with Crippen molar-refractivity contribution >= 4 is 51.9 Å². The molecule has 0 fully saturated rings. The number of fused-ring (bicyclic) bond motifs is 1. The van der Waals surface area contributed by atoms with Crippen LogP contribution in [0.2, 0.25) is 0 Å². The van der Waals surface area contributed by atoms with Gasteiger partial charge in [0.25, 0.3) is 0 Å². The second kappa shape index (κ2) is 18.2. The topological polar surface area (TPSA) is 35.5 Å². The fourth-order valence-corrected chi connectivity index (χ4v) is 10.8. The summed E-state index contributed by atoms with van der Waals surface area (Å²) in [5, 5.41) is 0. The molecule has 0 atom stereocenters. The van der Waals surface area contributed by atoms with Crippen molar-refractivity contribution in [3.05, 3.63) is 130 Å². The van der Waals surface area contributed by atoms with Crippen LogP contribution in [-0.2, 0) is 12.8 Å². The Morgan fingerprint density at radius 1 is 0.604 bits per heavy atom. The molecule has 0 N–H and O–H groups in total. The molecule has 6 aromatic rings. The molecule has 1 aliphatic heterocycles. The Bertz CT molecular complexity index is 2080. The van der Waals surface area contributed by atoms with Crippen molar-refractivity contribution in [1.29, 1.82) is 0 Å². The number of rotatable bonds is 17. The van der Waals surface area contributed by atoms with Gasteiger partial charge in [0, 0.05) is 9.75 Å². The number of hydrogen-bond acceptors (Lipinski definition) is 6. The van der Waals surface area contributed by atoms with Gasteiger partial charge in [-0.15, -0.1) is 34.0 Å². The van der Waals surface area contributed by atoms with Gasteiger partial charge in [0.15, 0.2) is 17.8 Å². The summed E-state index contributed by atoms with van der Waals surface area (Å²) in [6, 6.07) is 34.6. The van der Waals surface area contributed by atoms with Crippen LogP contribution in [-0.4, -0.2) is 19.5 Å². The predicted molar refractivity (Wildman–Crippen MR) is 228 cm³/mol. The Labute approximate surface area is 327 Å². The lowest BCUT2D eigenvalue weighted by Crippen LogP contribution is -2.14. The number of carbonyl (C=O) groups is 1. The van der Waals surface area contributed by atoms with Gasteiger partial charge < -0.3 is 9.47 Å². The van der Waals surface area contributed by atoms with Crippen molar-refractivity contribution in [2.45, 2.75) is 78.1 Å². The highest BCUT2D eigenvalue weighted by atomic mass is 32.1. The molecule has 0 amide bonds. The number of benzene rings is 3. The highest BCUT2D eigenvalue weighted by molar-refractivity contribution is 7.28. The Morgan fingerprint density at radius 3 is 1.77 bits per heavy atom. The summed E-state index contributed by atoms with van der Waals surface area (Å²) in [6.07, 6.45) is 15.0. The summed E-state index contributed by atoms with van der Waals surface area (Å²) < 4.78 is 12.9. The van der Waals surface area contributed by atoms with E-state index in [9.17, 15) is 4.79 Å². The predicted octanol–water partition coefficient (Wildman–Crippen LogP) is 14.3. The molecule has 3 aromatic heterocycles. The minimum atomic E-state index is 0.541. The smallest absolute Gasteiger partial charge is 0.181 e. The molecule has 7 rings (SSSR count). The first-order valence-electron chi connectivity index (χ1n) is 19.2. The first-order chi connectivity index (χ1) is 26.2. The lowest BCUT2D eigenvalue weighted by Gasteiger charge is -2.17. The Morgan fingerprint density at radius 2 is 1.19 bits per heavy atom. The minimum Gasteiger partial charge on any atom is -0.485 e. The standard InChI is InChI=1S/C47H48O3S3/c1-3-5-7-11-21-37-30-39(32-48)51-44(37)41-31-38(22-12-8-6-4-2)46(52-41)47-43-42(49-27-28-50-43)45(53-47)36-25-23-33(24-26-36)29-40(34-17-13-9-14-18-34)35-19-15-10-16-20-35/h9-10,13-20,23-26,29-32H,3-8,11-12,21-22,27-28H2,1-2H3. The van der Waals surface area contributed by atoms with Crippen molar-refractivity contribution in [1.82, 2.24) is 0 Å². The summed E-state index contributed by atoms with van der Waals surface area (Å²) in [6.45, 7) is 5.60. The zero-order valence-corrected chi connectivity index (χ0v) is 33.3. The van der Waals surface area contributed by atoms with E-state index in [0.29, 0.717) is 13.2 Å². The molecule has 1 aliphatic rings. The van der Waals surface area contributed by atoms with Crippen LogP contribution in [0.25, 0.3) is 41.6 Å². The van der Waals surface area contributed by atoms with E-state index in [1.54, 1.807) is 22.7 Å². The first-order valence-corrected chi connectivity index (χ1v) is 21.7. The summed E-state index contributed by atoms with van der Waals surface area (Å²) in [7, 11) is 0. The van der Waals surface area contributed by atoms with Crippen molar-refractivity contribution in [2.75, 3.05) is 13.2 Å². The molecule has 6 heteroatoms. The van der Waals surface area contributed by atoms with Crippen LogP contribution in [0.15, 0.2) is 97.1 Å². The van der Waals surface area contributed by atoms with Gasteiger partial charge >= 0.3 is 0 Å². The molecule has 0 aliphatic carbocycles. The lowest BCUT2D eigenvalue weighted by molar-refractivity contribution is 0.112. The molecule has 272 valence electrons. The molecular weight excluding hydrogens is 709 g/mol. The van der Waals surface area contributed by atoms with Crippen molar-refractivity contribution in [3.8, 4) is 41.4 Å². The van der Waals surface area contributed by atoms with Crippen LogP contribution in [0.1, 0.15) is 103 Å². The van der Waals surface area contributed by atoms with E-state index in [-0.39, 0.29) is 0 Å². The third-order valence-electron chi connectivity index (χ3n) is 9.83. The number of aryl methyl sites for hydroxylation is 2. The van der Waals surface area contributed by atoms with Gasteiger partial charge in [-0.3, -0.25) is 4.79 Å². The van der Waals surface area contributed by atoms with Crippen LogP contribution >= 0.6 is 34.0 Å². The molecule has 0 saturated carbocycles. The normalized spacial score (nSPS) is 12.2. The molecule has 0 spiro atoms. The van der Waals surface area contributed by atoms with E-state index in [4.69, 9.17) is 9.47 Å². The molecule has 3 nitrogen and oxygen atoms in total. The van der Waals surface area contributed by atoms with Crippen molar-refractivity contribution < 1.29 is 14.3 Å². The van der Waals surface area contributed by atoms with Crippen LogP contribution < -0.4 is 9.47 Å². The summed E-state index contributed by atoms with van der Waals surface area (Å²) in [5.74, 6) is 1.73. The lowest BCUT2D eigenvalue weighted by atomic mass is 9.95. The molecule has 0 unspecified atom stereocenters. The van der Waals surface area contributed by atoms with E-state index < -0.39 is 0 Å². The van der Waals surface area contributed by atoms with E-state index in [1.807, 2.05) is 11.3 Å². The zero-order chi connectivity index (χ0) is 36.4. The molecule has 0 radical (unpaired) electrons. The maximum Gasteiger partial charge on any atom is 0.181 e. The quantitative estimate of drug-likeness (QED) is 0.0528. The largest absolute Gasteiger partial charge is 0.485 e. The summed E-state index contributed by atoms with van der Waals surface area (Å²) in [5.41, 5.74) is 8.54. The van der Waals surface area contributed by atoms with Gasteiger partial charge in [0.1, 0.15) is 13.2 Å². The highest BCUT2D eigenvalue weighted by Crippen LogP contribution is 2.56. The fourth-order valence-electron chi connectivity index (χ4n) is 7.06. The van der Waals surface area contributed by atoms with Gasteiger partial charge in [-0.1, -0.05) is 137 Å². The van der Waals surface area contributed by atoms with E-state index in [2.05, 4.69) is 117 Å². The zero-order valence-electron chi connectivity index (χ0n) is 30.8. The molecule has 53 heavy (non-hydrogen) atoms. The van der Waals surface area contributed by atoms with Gasteiger partial charge in [-0.05, 0) is 82.8 Å². The Hall–Kier alpha value is -4.23. The number of ether oxygens (including phenoxy) is 2. The van der Waals surface area contributed by atoms with Crippen LogP contribution in [0.3, 0.4) is 0 Å². The van der Waals surface area contributed by atoms with E-state index >= 15 is 0 Å². The van der Waals surface area contributed by atoms with E-state index in [0.717, 1.165) is 69.2 Å². The maximum atomic E-state index is 12.0. The molecule has 0 saturated heterocycles. The maximum absolute atomic E-state index is 12.0. The van der Waals surface area contributed by atoms with Gasteiger partial charge in [0.05, 0.1) is 19.5 Å². The molecule has 3 aromatic carbocycles. The van der Waals surface area contributed by atoms with Gasteiger partial charge in [-0.2, -0.15) is 0 Å². The number of thiophene rings is 3. The Kier molecular flexibility index (Phi) is 12.7. The van der Waals surface area contributed by atoms with Gasteiger partial charge in [0.2, 0.25) is 0 Å². The number of aldehydes is 1. The van der Waals surface area contributed by atoms with Crippen molar-refractivity contribution in [2.24, 2.45) is 0 Å². The third-order valence-corrected chi connectivity index (χ3v) is 13.7. The average Bonchev–Trinajstić information content (AvgIpc) is 3.93. The summed E-state index contributed by atoms with van der Waals surface area (Å²) in [4.78, 5) is 18.8. The number of unbranched alkanes of at least 4 members (excludes halogenated alkanes) is 6. The second-order valence-electron chi connectivity index (χ2n) is 13.7. The highest BCUT2D eigenvalue weighted by Gasteiger charge is 2.29.